The fourth-order valence-electron chi connectivity index (χ4n) is 1.86. The number of aromatic nitrogens is 6. The molecule has 0 saturated heterocycles. The van der Waals surface area contributed by atoms with Crippen molar-refractivity contribution in [3.63, 3.8) is 0 Å². The first-order chi connectivity index (χ1) is 8.97. The van der Waals surface area contributed by atoms with Crippen molar-refractivity contribution in [1.29, 1.82) is 0 Å². The zero-order valence-corrected chi connectivity index (χ0v) is 11.7. The number of rotatable bonds is 1. The molecular formula is C12H14N6S. The molecule has 98 valence electrons. The molecule has 0 saturated carbocycles. The Balaban J connectivity index is 2.25. The van der Waals surface area contributed by atoms with Gasteiger partial charge in [-0.15, -0.1) is 0 Å². The van der Waals surface area contributed by atoms with E-state index in [4.69, 9.17) is 12.2 Å². The van der Waals surface area contributed by atoms with Crippen molar-refractivity contribution in [2.45, 2.75) is 26.2 Å². The topological polar surface area (TPSA) is 75.2 Å². The lowest BCUT2D eigenvalue weighted by atomic mass is 9.93. The Hall–Kier alpha value is -2.02. The fraction of sp³-hybridized carbons (Fsp3) is 0.333. The van der Waals surface area contributed by atoms with Crippen LogP contribution in [0.5, 0.6) is 0 Å². The van der Waals surface area contributed by atoms with E-state index in [0.717, 1.165) is 11.2 Å². The minimum Gasteiger partial charge on any atom is -0.340 e. The summed E-state index contributed by atoms with van der Waals surface area (Å²) in [6.45, 7) is 6.39. The lowest BCUT2D eigenvalue weighted by Gasteiger charge is -2.15. The summed E-state index contributed by atoms with van der Waals surface area (Å²) in [4.78, 5) is 15.5. The van der Waals surface area contributed by atoms with Crippen LogP contribution < -0.4 is 0 Å². The highest BCUT2D eigenvalue weighted by Gasteiger charge is 2.18. The van der Waals surface area contributed by atoms with Gasteiger partial charge in [0.25, 0.3) is 0 Å². The van der Waals surface area contributed by atoms with Crippen molar-refractivity contribution >= 4 is 23.4 Å². The predicted octanol–water partition coefficient (Wildman–Crippen LogP) is 2.50. The van der Waals surface area contributed by atoms with Crippen LogP contribution in [0.15, 0.2) is 18.7 Å². The second-order valence-corrected chi connectivity index (χ2v) is 5.81. The number of nitrogens with zero attached hydrogens (tertiary/aromatic N) is 4. The first-order valence-corrected chi connectivity index (χ1v) is 6.34. The van der Waals surface area contributed by atoms with Gasteiger partial charge in [-0.25, -0.2) is 19.6 Å². The van der Waals surface area contributed by atoms with E-state index in [2.05, 4.69) is 45.8 Å². The molecule has 0 aliphatic rings. The number of aromatic amines is 2. The quantitative estimate of drug-likeness (QED) is 0.668. The average Bonchev–Trinajstić information content (AvgIpc) is 2.93. The zero-order valence-electron chi connectivity index (χ0n) is 10.9. The van der Waals surface area contributed by atoms with Crippen LogP contribution in [0, 0.1) is 4.64 Å². The average molecular weight is 274 g/mol. The predicted molar refractivity (Wildman–Crippen MR) is 74.9 cm³/mol. The largest absolute Gasteiger partial charge is 0.340 e. The van der Waals surface area contributed by atoms with Crippen LogP contribution in [-0.4, -0.2) is 29.7 Å². The van der Waals surface area contributed by atoms with Gasteiger partial charge in [-0.05, 0) is 6.07 Å². The van der Waals surface area contributed by atoms with Crippen molar-refractivity contribution in [3.8, 4) is 5.82 Å². The van der Waals surface area contributed by atoms with E-state index in [9.17, 15) is 0 Å². The maximum Gasteiger partial charge on any atom is 0.182 e. The minimum atomic E-state index is -0.00105. The van der Waals surface area contributed by atoms with Gasteiger partial charge in [-0.3, -0.25) is 5.10 Å². The molecule has 0 spiro atoms. The Kier molecular flexibility index (Phi) is 2.53. The van der Waals surface area contributed by atoms with Gasteiger partial charge in [0.05, 0.1) is 6.33 Å². The molecule has 0 aliphatic heterocycles. The SMILES string of the molecule is CC(C)(C)c1cc(=S)n(-c2ncnc3nc[nH]c23)[nH]1. The summed E-state index contributed by atoms with van der Waals surface area (Å²) in [5.41, 5.74) is 2.45. The Labute approximate surface area is 114 Å². The third-order valence-electron chi connectivity index (χ3n) is 2.94. The molecule has 3 heterocycles. The molecule has 0 amide bonds. The molecule has 0 atom stereocenters. The molecule has 0 fully saturated rings. The highest BCUT2D eigenvalue weighted by atomic mass is 32.1. The van der Waals surface area contributed by atoms with Crippen molar-refractivity contribution in [1.82, 2.24) is 29.7 Å². The first-order valence-electron chi connectivity index (χ1n) is 5.94. The minimum absolute atomic E-state index is 0.00105. The van der Waals surface area contributed by atoms with E-state index in [1.165, 1.54) is 6.33 Å². The smallest absolute Gasteiger partial charge is 0.182 e. The maximum atomic E-state index is 5.40. The van der Waals surface area contributed by atoms with Crippen molar-refractivity contribution in [2.24, 2.45) is 0 Å². The molecule has 0 bridgehead atoms. The van der Waals surface area contributed by atoms with Crippen LogP contribution in [0.4, 0.5) is 0 Å². The molecule has 7 heteroatoms. The summed E-state index contributed by atoms with van der Waals surface area (Å²) in [6.07, 6.45) is 3.08. The van der Waals surface area contributed by atoms with Crippen molar-refractivity contribution in [3.05, 3.63) is 29.1 Å². The van der Waals surface area contributed by atoms with Gasteiger partial charge in [-0.1, -0.05) is 33.0 Å². The molecule has 3 aromatic rings. The van der Waals surface area contributed by atoms with Gasteiger partial charge in [-0.2, -0.15) is 0 Å². The van der Waals surface area contributed by atoms with Gasteiger partial charge < -0.3 is 4.98 Å². The number of H-pyrrole nitrogens is 2. The number of hydrogen-bond donors (Lipinski definition) is 2. The van der Waals surface area contributed by atoms with Gasteiger partial charge in [0.1, 0.15) is 16.5 Å². The summed E-state index contributed by atoms with van der Waals surface area (Å²) in [6, 6.07) is 1.96. The van der Waals surface area contributed by atoms with Crippen LogP contribution >= 0.6 is 12.2 Å². The van der Waals surface area contributed by atoms with Gasteiger partial charge >= 0.3 is 0 Å². The highest BCUT2D eigenvalue weighted by molar-refractivity contribution is 7.71. The molecule has 0 unspecified atom stereocenters. The van der Waals surface area contributed by atoms with E-state index in [1.807, 2.05) is 6.07 Å². The normalized spacial score (nSPS) is 12.2. The standard InChI is InChI=1S/C12H14N6S/c1-12(2,3)7-4-8(19)18(17-7)11-9-10(14-5-13-9)15-6-16-11/h4-6,17H,1-3H3,(H,13,14,15,16). The molecule has 3 aromatic heterocycles. The monoisotopic (exact) mass is 274 g/mol. The summed E-state index contributed by atoms with van der Waals surface area (Å²) < 4.78 is 2.46. The van der Waals surface area contributed by atoms with E-state index >= 15 is 0 Å². The van der Waals surface area contributed by atoms with Crippen LogP contribution in [0.2, 0.25) is 0 Å². The molecule has 19 heavy (non-hydrogen) atoms. The number of fused-ring (bicyclic) bond motifs is 1. The summed E-state index contributed by atoms with van der Waals surface area (Å²) in [5.74, 6) is 0.683. The molecule has 0 radical (unpaired) electrons. The third-order valence-corrected chi connectivity index (χ3v) is 3.24. The summed E-state index contributed by atoms with van der Waals surface area (Å²) >= 11 is 5.40. The van der Waals surface area contributed by atoms with Gasteiger partial charge in [0, 0.05) is 11.1 Å². The second-order valence-electron chi connectivity index (χ2n) is 5.39. The lowest BCUT2D eigenvalue weighted by Crippen LogP contribution is -2.13. The third kappa shape index (κ3) is 1.95. The molecule has 3 rings (SSSR count). The Bertz CT molecular complexity index is 788. The number of hydrogen-bond acceptors (Lipinski definition) is 4. The molecule has 0 aromatic carbocycles. The van der Waals surface area contributed by atoms with Crippen LogP contribution in [-0.2, 0) is 5.41 Å². The van der Waals surface area contributed by atoms with E-state index in [0.29, 0.717) is 16.1 Å². The highest BCUT2D eigenvalue weighted by Crippen LogP contribution is 2.22. The lowest BCUT2D eigenvalue weighted by molar-refractivity contribution is 0.559. The van der Waals surface area contributed by atoms with Crippen LogP contribution in [0.3, 0.4) is 0 Å². The van der Waals surface area contributed by atoms with E-state index in [-0.39, 0.29) is 5.41 Å². The van der Waals surface area contributed by atoms with E-state index in [1.54, 1.807) is 11.0 Å². The Morgan fingerprint density at radius 3 is 2.68 bits per heavy atom. The van der Waals surface area contributed by atoms with Crippen LogP contribution in [0.1, 0.15) is 26.5 Å². The van der Waals surface area contributed by atoms with Crippen LogP contribution in [0.25, 0.3) is 17.0 Å². The molecular weight excluding hydrogens is 260 g/mol. The number of nitrogens with one attached hydrogen (secondary N) is 2. The van der Waals surface area contributed by atoms with Gasteiger partial charge in [0.15, 0.2) is 11.5 Å². The zero-order chi connectivity index (χ0) is 13.6. The van der Waals surface area contributed by atoms with Crippen molar-refractivity contribution in [2.75, 3.05) is 0 Å². The Morgan fingerprint density at radius 1 is 1.21 bits per heavy atom. The molecule has 0 aliphatic carbocycles. The summed E-state index contributed by atoms with van der Waals surface area (Å²) in [7, 11) is 0. The van der Waals surface area contributed by atoms with E-state index < -0.39 is 0 Å². The molecule has 2 N–H and O–H groups in total. The fourth-order valence-corrected chi connectivity index (χ4v) is 2.11. The van der Waals surface area contributed by atoms with Gasteiger partial charge in [0.2, 0.25) is 0 Å². The summed E-state index contributed by atoms with van der Waals surface area (Å²) in [5, 5.41) is 3.29. The Morgan fingerprint density at radius 2 is 2.00 bits per heavy atom. The molecule has 6 nitrogen and oxygen atoms in total. The second kappa shape index (κ2) is 3.99. The van der Waals surface area contributed by atoms with Crippen molar-refractivity contribution < 1.29 is 0 Å². The first kappa shape index (κ1) is 12.0. The maximum absolute atomic E-state index is 5.40. The number of imidazole rings is 1.